The topological polar surface area (TPSA) is 73.8 Å². The molecule has 27 heavy (non-hydrogen) atoms. The number of hydrogen-bond donors (Lipinski definition) is 0. The van der Waals surface area contributed by atoms with E-state index in [0.29, 0.717) is 30.5 Å². The first-order valence-electron chi connectivity index (χ1n) is 8.83. The minimum absolute atomic E-state index is 0.0114. The molecule has 0 atom stereocenters. The summed E-state index contributed by atoms with van der Waals surface area (Å²) in [7, 11) is 3.18. The maximum atomic E-state index is 12.4. The van der Waals surface area contributed by atoms with Crippen LogP contribution < -0.4 is 14.2 Å². The van der Waals surface area contributed by atoms with Crippen LogP contribution in [0.3, 0.4) is 0 Å². The molecule has 0 N–H and O–H groups in total. The number of carbonyl (C=O) groups is 1. The van der Waals surface area contributed by atoms with Gasteiger partial charge in [0.15, 0.2) is 11.5 Å². The predicted molar refractivity (Wildman–Crippen MR) is 101 cm³/mol. The third kappa shape index (κ3) is 4.97. The van der Waals surface area contributed by atoms with E-state index in [9.17, 15) is 4.79 Å². The Labute approximate surface area is 158 Å². The number of likely N-dealkylation sites (tertiary alicyclic amines) is 1. The third-order valence-electron chi connectivity index (χ3n) is 4.41. The molecule has 7 heteroatoms. The van der Waals surface area contributed by atoms with Crippen molar-refractivity contribution in [3.8, 4) is 17.4 Å². The molecule has 1 amide bonds. The van der Waals surface area contributed by atoms with Gasteiger partial charge in [0, 0.05) is 44.3 Å². The van der Waals surface area contributed by atoms with Gasteiger partial charge in [0.2, 0.25) is 11.8 Å². The highest BCUT2D eigenvalue weighted by atomic mass is 16.5. The number of piperidine rings is 1. The Balaban J connectivity index is 1.53. The summed E-state index contributed by atoms with van der Waals surface area (Å²) in [6, 6.07) is 9.12. The minimum Gasteiger partial charge on any atom is -0.493 e. The van der Waals surface area contributed by atoms with Crippen LogP contribution in [-0.4, -0.2) is 54.4 Å². The van der Waals surface area contributed by atoms with Gasteiger partial charge in [-0.3, -0.25) is 4.79 Å². The first-order chi connectivity index (χ1) is 13.2. The average Bonchev–Trinajstić information content (AvgIpc) is 2.73. The fourth-order valence-corrected chi connectivity index (χ4v) is 2.94. The molecule has 1 aliphatic heterocycles. The monoisotopic (exact) mass is 369 g/mol. The lowest BCUT2D eigenvalue weighted by atomic mass is 10.1. The standard InChI is InChI=1S/C20H23N3O4/c1-25-17-7-5-15(14-18(17)26-2)6-8-20(24)23-12-9-16(10-13-23)27-19-4-3-11-21-22-19/h3-8,11,14,16H,9-10,12-13H2,1-2H3/b8-6+. The van der Waals surface area contributed by atoms with Crippen LogP contribution in [0.2, 0.25) is 0 Å². The zero-order valence-corrected chi connectivity index (χ0v) is 15.5. The molecular weight excluding hydrogens is 346 g/mol. The normalized spacial score (nSPS) is 15.0. The van der Waals surface area contributed by atoms with Gasteiger partial charge in [0.1, 0.15) is 6.10 Å². The van der Waals surface area contributed by atoms with Crippen LogP contribution >= 0.6 is 0 Å². The smallest absolute Gasteiger partial charge is 0.246 e. The van der Waals surface area contributed by atoms with Gasteiger partial charge < -0.3 is 19.1 Å². The van der Waals surface area contributed by atoms with E-state index in [0.717, 1.165) is 18.4 Å². The van der Waals surface area contributed by atoms with Crippen molar-refractivity contribution in [3.63, 3.8) is 0 Å². The van der Waals surface area contributed by atoms with Gasteiger partial charge in [-0.25, -0.2) is 0 Å². The van der Waals surface area contributed by atoms with Crippen molar-refractivity contribution in [1.82, 2.24) is 15.1 Å². The molecule has 7 nitrogen and oxygen atoms in total. The quantitative estimate of drug-likeness (QED) is 0.729. The summed E-state index contributed by atoms with van der Waals surface area (Å²) in [5.41, 5.74) is 0.877. The van der Waals surface area contributed by atoms with Crippen molar-refractivity contribution in [2.45, 2.75) is 18.9 Å². The van der Waals surface area contributed by atoms with Gasteiger partial charge in [-0.2, -0.15) is 5.10 Å². The lowest BCUT2D eigenvalue weighted by Crippen LogP contribution is -2.41. The van der Waals surface area contributed by atoms with Crippen LogP contribution in [0.15, 0.2) is 42.6 Å². The van der Waals surface area contributed by atoms with Crippen molar-refractivity contribution >= 4 is 12.0 Å². The number of aromatic nitrogens is 2. The number of ether oxygens (including phenoxy) is 3. The van der Waals surface area contributed by atoms with E-state index in [-0.39, 0.29) is 12.0 Å². The summed E-state index contributed by atoms with van der Waals surface area (Å²) in [6.45, 7) is 1.31. The zero-order chi connectivity index (χ0) is 19.1. The molecule has 0 bridgehead atoms. The second-order valence-corrected chi connectivity index (χ2v) is 6.15. The number of nitrogens with zero attached hydrogens (tertiary/aromatic N) is 3. The molecular formula is C20H23N3O4. The van der Waals surface area contributed by atoms with E-state index >= 15 is 0 Å². The molecule has 1 fully saturated rings. The first-order valence-corrected chi connectivity index (χ1v) is 8.83. The average molecular weight is 369 g/mol. The van der Waals surface area contributed by atoms with E-state index in [1.807, 2.05) is 23.1 Å². The van der Waals surface area contributed by atoms with Crippen molar-refractivity contribution in [3.05, 3.63) is 48.2 Å². The largest absolute Gasteiger partial charge is 0.493 e. The molecule has 2 aromatic rings. The van der Waals surface area contributed by atoms with E-state index in [1.165, 1.54) is 0 Å². The molecule has 0 saturated carbocycles. The highest BCUT2D eigenvalue weighted by Gasteiger charge is 2.23. The van der Waals surface area contributed by atoms with E-state index in [2.05, 4.69) is 10.2 Å². The Bertz CT molecular complexity index is 787. The maximum absolute atomic E-state index is 12.4. The molecule has 142 valence electrons. The Hall–Kier alpha value is -3.09. The number of benzene rings is 1. The number of methoxy groups -OCH3 is 2. The van der Waals surface area contributed by atoms with Crippen molar-refractivity contribution < 1.29 is 19.0 Å². The van der Waals surface area contributed by atoms with Crippen LogP contribution in [0.4, 0.5) is 0 Å². The van der Waals surface area contributed by atoms with E-state index in [4.69, 9.17) is 14.2 Å². The molecule has 0 radical (unpaired) electrons. The van der Waals surface area contributed by atoms with Crippen LogP contribution in [0.1, 0.15) is 18.4 Å². The van der Waals surface area contributed by atoms with Gasteiger partial charge in [-0.1, -0.05) is 6.07 Å². The zero-order valence-electron chi connectivity index (χ0n) is 15.5. The molecule has 1 saturated heterocycles. The minimum atomic E-state index is -0.0114. The second-order valence-electron chi connectivity index (χ2n) is 6.15. The van der Waals surface area contributed by atoms with Gasteiger partial charge in [-0.15, -0.1) is 5.10 Å². The predicted octanol–water partition coefficient (Wildman–Crippen LogP) is 2.58. The summed E-state index contributed by atoms with van der Waals surface area (Å²) in [6.07, 6.45) is 6.58. The van der Waals surface area contributed by atoms with Gasteiger partial charge in [0.05, 0.1) is 14.2 Å². The fraction of sp³-hybridized carbons (Fsp3) is 0.350. The van der Waals surface area contributed by atoms with Gasteiger partial charge in [0.25, 0.3) is 0 Å². The summed E-state index contributed by atoms with van der Waals surface area (Å²) < 4.78 is 16.3. The van der Waals surface area contributed by atoms with E-state index < -0.39 is 0 Å². The van der Waals surface area contributed by atoms with Crippen LogP contribution in [-0.2, 0) is 4.79 Å². The van der Waals surface area contributed by atoms with Crippen LogP contribution in [0.5, 0.6) is 17.4 Å². The molecule has 1 aromatic carbocycles. The molecule has 2 heterocycles. The number of amides is 1. The second kappa shape index (κ2) is 9.02. The summed E-state index contributed by atoms with van der Waals surface area (Å²) in [5.74, 6) is 1.80. The van der Waals surface area contributed by atoms with Crippen molar-refractivity contribution in [1.29, 1.82) is 0 Å². The summed E-state index contributed by atoms with van der Waals surface area (Å²) in [5, 5.41) is 7.74. The highest BCUT2D eigenvalue weighted by molar-refractivity contribution is 5.91. The summed E-state index contributed by atoms with van der Waals surface area (Å²) in [4.78, 5) is 14.3. The molecule has 3 rings (SSSR count). The first kappa shape index (κ1) is 18.7. The Morgan fingerprint density at radius 1 is 1.15 bits per heavy atom. The SMILES string of the molecule is COc1ccc(/C=C/C(=O)N2CCC(Oc3cccnn3)CC2)cc1OC. The Morgan fingerprint density at radius 3 is 2.59 bits per heavy atom. The fourth-order valence-electron chi connectivity index (χ4n) is 2.94. The Kier molecular flexibility index (Phi) is 6.25. The lowest BCUT2D eigenvalue weighted by Gasteiger charge is -2.31. The van der Waals surface area contributed by atoms with Crippen LogP contribution in [0, 0.1) is 0 Å². The number of hydrogen-bond acceptors (Lipinski definition) is 6. The molecule has 0 aliphatic carbocycles. The van der Waals surface area contributed by atoms with E-state index in [1.54, 1.807) is 44.7 Å². The summed E-state index contributed by atoms with van der Waals surface area (Å²) >= 11 is 0. The number of rotatable bonds is 6. The van der Waals surface area contributed by atoms with Gasteiger partial charge >= 0.3 is 0 Å². The highest BCUT2D eigenvalue weighted by Crippen LogP contribution is 2.28. The molecule has 0 unspecified atom stereocenters. The number of carbonyl (C=O) groups excluding carboxylic acids is 1. The van der Waals surface area contributed by atoms with Crippen molar-refractivity contribution in [2.24, 2.45) is 0 Å². The molecule has 1 aliphatic rings. The molecule has 1 aromatic heterocycles. The maximum Gasteiger partial charge on any atom is 0.246 e. The third-order valence-corrected chi connectivity index (χ3v) is 4.41. The van der Waals surface area contributed by atoms with Crippen molar-refractivity contribution in [2.75, 3.05) is 27.3 Å². The van der Waals surface area contributed by atoms with Gasteiger partial charge in [-0.05, 0) is 29.8 Å². The lowest BCUT2D eigenvalue weighted by molar-refractivity contribution is -0.127. The Morgan fingerprint density at radius 2 is 1.93 bits per heavy atom. The molecule has 0 spiro atoms. The van der Waals surface area contributed by atoms with Crippen LogP contribution in [0.25, 0.3) is 6.08 Å².